The molecule has 5 nitrogen and oxygen atoms in total. The van der Waals surface area contributed by atoms with Gasteiger partial charge in [-0.25, -0.2) is 4.79 Å². The molecule has 1 heterocycles. The van der Waals surface area contributed by atoms with Gasteiger partial charge in [0.05, 0.1) is 6.54 Å². The van der Waals surface area contributed by atoms with Gasteiger partial charge in [0.2, 0.25) is 0 Å². The number of ether oxygens (including phenoxy) is 1. The van der Waals surface area contributed by atoms with E-state index in [1.165, 1.54) is 12.2 Å². The number of aliphatic hydroxyl groups is 1. The Morgan fingerprint density at radius 2 is 2.20 bits per heavy atom. The van der Waals surface area contributed by atoms with E-state index in [4.69, 9.17) is 4.74 Å². The lowest BCUT2D eigenvalue weighted by Gasteiger charge is -2.30. The second-order valence-electron chi connectivity index (χ2n) is 4.35. The number of carbonyl (C=O) groups is 2. The number of ketones is 1. The summed E-state index contributed by atoms with van der Waals surface area (Å²) in [6.07, 6.45) is 0.742. The number of hydrogen-bond donors (Lipinski definition) is 1. The third kappa shape index (κ3) is 3.36. The average molecular weight is 213 g/mol. The Balaban J connectivity index is 2.68. The van der Waals surface area contributed by atoms with Crippen LogP contribution in [0.3, 0.4) is 0 Å². The van der Waals surface area contributed by atoms with Crippen molar-refractivity contribution in [3.05, 3.63) is 12.2 Å². The van der Waals surface area contributed by atoms with Crippen molar-refractivity contribution in [1.82, 2.24) is 4.90 Å². The number of hydrogen-bond acceptors (Lipinski definition) is 4. The molecule has 1 aliphatic heterocycles. The lowest BCUT2D eigenvalue weighted by Crippen LogP contribution is -2.46. The largest absolute Gasteiger partial charge is 0.444 e. The lowest BCUT2D eigenvalue weighted by molar-refractivity contribution is -0.119. The van der Waals surface area contributed by atoms with Crippen LogP contribution in [-0.4, -0.2) is 40.3 Å². The van der Waals surface area contributed by atoms with Crippen molar-refractivity contribution in [2.75, 3.05) is 6.54 Å². The molecule has 1 amide bonds. The maximum absolute atomic E-state index is 11.5. The standard InChI is InChI=1S/C10H15NO4/c1-10(2,3)15-9(14)11-6-7(12)4-5-8(11)13/h4-5,8,13H,6H2,1-3H3/t8-/m1/s1. The van der Waals surface area contributed by atoms with Crippen LogP contribution in [-0.2, 0) is 9.53 Å². The molecule has 84 valence electrons. The minimum absolute atomic E-state index is 0.146. The van der Waals surface area contributed by atoms with Crippen LogP contribution in [0.25, 0.3) is 0 Å². The van der Waals surface area contributed by atoms with Crippen molar-refractivity contribution in [2.24, 2.45) is 0 Å². The molecular formula is C10H15NO4. The summed E-state index contributed by atoms with van der Waals surface area (Å²) in [4.78, 5) is 23.5. The second kappa shape index (κ2) is 4.02. The molecule has 1 atom stereocenters. The van der Waals surface area contributed by atoms with Gasteiger partial charge >= 0.3 is 6.09 Å². The first-order valence-electron chi connectivity index (χ1n) is 4.68. The highest BCUT2D eigenvalue weighted by Gasteiger charge is 2.29. The predicted molar refractivity (Wildman–Crippen MR) is 53.1 cm³/mol. The van der Waals surface area contributed by atoms with Gasteiger partial charge in [0, 0.05) is 0 Å². The SMILES string of the molecule is CC(C)(C)OC(=O)N1CC(=O)C=C[C@H]1O. The number of rotatable bonds is 0. The first-order valence-corrected chi connectivity index (χ1v) is 4.68. The molecule has 5 heteroatoms. The van der Waals surface area contributed by atoms with Gasteiger partial charge in [-0.15, -0.1) is 0 Å². The molecule has 1 aliphatic rings. The maximum Gasteiger partial charge on any atom is 0.413 e. The second-order valence-corrected chi connectivity index (χ2v) is 4.35. The molecule has 0 bridgehead atoms. The van der Waals surface area contributed by atoms with E-state index < -0.39 is 17.9 Å². The Bertz CT molecular complexity index is 303. The Labute approximate surface area is 88.3 Å². The van der Waals surface area contributed by atoms with Gasteiger partial charge in [0.25, 0.3) is 0 Å². The number of amides is 1. The summed E-state index contributed by atoms with van der Waals surface area (Å²) in [6, 6.07) is 0. The van der Waals surface area contributed by atoms with Crippen molar-refractivity contribution in [1.29, 1.82) is 0 Å². The fourth-order valence-corrected chi connectivity index (χ4v) is 1.10. The average Bonchev–Trinajstić information content (AvgIpc) is 2.06. The highest BCUT2D eigenvalue weighted by atomic mass is 16.6. The van der Waals surface area contributed by atoms with Crippen LogP contribution in [0.4, 0.5) is 4.79 Å². The van der Waals surface area contributed by atoms with E-state index in [9.17, 15) is 14.7 Å². The summed E-state index contributed by atoms with van der Waals surface area (Å²) in [5, 5.41) is 9.44. The van der Waals surface area contributed by atoms with Crippen LogP contribution in [0.5, 0.6) is 0 Å². The summed E-state index contributed by atoms with van der Waals surface area (Å²) < 4.78 is 5.04. The topological polar surface area (TPSA) is 66.8 Å². The van der Waals surface area contributed by atoms with Gasteiger partial charge in [0.15, 0.2) is 12.0 Å². The van der Waals surface area contributed by atoms with E-state index in [2.05, 4.69) is 0 Å². The maximum atomic E-state index is 11.5. The number of nitrogens with zero attached hydrogens (tertiary/aromatic N) is 1. The Kier molecular flexibility index (Phi) is 3.14. The van der Waals surface area contributed by atoms with Crippen LogP contribution < -0.4 is 0 Å². The molecule has 0 saturated heterocycles. The Hall–Kier alpha value is -1.36. The van der Waals surface area contributed by atoms with Crippen molar-refractivity contribution in [3.63, 3.8) is 0 Å². The smallest absolute Gasteiger partial charge is 0.413 e. The van der Waals surface area contributed by atoms with Crippen molar-refractivity contribution >= 4 is 11.9 Å². The molecule has 0 fully saturated rings. The molecule has 0 radical (unpaired) electrons. The fourth-order valence-electron chi connectivity index (χ4n) is 1.10. The molecule has 0 aliphatic carbocycles. The predicted octanol–water partition coefficient (Wildman–Crippen LogP) is 0.681. The van der Waals surface area contributed by atoms with Crippen molar-refractivity contribution < 1.29 is 19.4 Å². The zero-order valence-electron chi connectivity index (χ0n) is 9.06. The monoisotopic (exact) mass is 213 g/mol. The Morgan fingerprint density at radius 1 is 1.60 bits per heavy atom. The van der Waals surface area contributed by atoms with Crippen LogP contribution in [0.1, 0.15) is 20.8 Å². The van der Waals surface area contributed by atoms with Gasteiger partial charge in [-0.1, -0.05) is 0 Å². The highest BCUT2D eigenvalue weighted by Crippen LogP contribution is 2.13. The third-order valence-electron chi connectivity index (χ3n) is 1.73. The molecule has 0 aromatic rings. The number of carbonyl (C=O) groups excluding carboxylic acids is 2. The van der Waals surface area contributed by atoms with E-state index in [0.29, 0.717) is 0 Å². The highest BCUT2D eigenvalue weighted by molar-refractivity contribution is 5.94. The zero-order valence-corrected chi connectivity index (χ0v) is 9.06. The van der Waals surface area contributed by atoms with Crippen LogP contribution in [0.2, 0.25) is 0 Å². The molecule has 0 unspecified atom stereocenters. The van der Waals surface area contributed by atoms with Crippen LogP contribution in [0, 0.1) is 0 Å². The van der Waals surface area contributed by atoms with E-state index in [0.717, 1.165) is 4.90 Å². The molecule has 0 spiro atoms. The molecular weight excluding hydrogens is 198 g/mol. The number of aliphatic hydroxyl groups excluding tert-OH is 1. The summed E-state index contributed by atoms with van der Waals surface area (Å²) >= 11 is 0. The Morgan fingerprint density at radius 3 is 2.73 bits per heavy atom. The normalized spacial score (nSPS) is 21.7. The summed E-state index contributed by atoms with van der Waals surface area (Å²) in [6.45, 7) is 5.02. The third-order valence-corrected chi connectivity index (χ3v) is 1.73. The summed E-state index contributed by atoms with van der Waals surface area (Å²) in [5.74, 6) is -0.230. The van der Waals surface area contributed by atoms with Crippen LogP contribution in [0.15, 0.2) is 12.2 Å². The lowest BCUT2D eigenvalue weighted by atomic mass is 10.2. The first-order chi connectivity index (χ1) is 6.79. The van der Waals surface area contributed by atoms with Gasteiger partial charge < -0.3 is 9.84 Å². The zero-order chi connectivity index (χ0) is 11.6. The molecule has 15 heavy (non-hydrogen) atoms. The molecule has 0 saturated carbocycles. The van der Waals surface area contributed by atoms with Gasteiger partial charge in [0.1, 0.15) is 5.60 Å². The molecule has 0 aromatic carbocycles. The minimum atomic E-state index is -1.09. The van der Waals surface area contributed by atoms with Crippen LogP contribution >= 0.6 is 0 Å². The quantitative estimate of drug-likeness (QED) is 0.642. The van der Waals surface area contributed by atoms with E-state index in [-0.39, 0.29) is 12.3 Å². The summed E-state index contributed by atoms with van der Waals surface area (Å²) in [5.41, 5.74) is -0.638. The van der Waals surface area contributed by atoms with E-state index in [1.807, 2.05) is 0 Å². The van der Waals surface area contributed by atoms with Crippen molar-refractivity contribution in [2.45, 2.75) is 32.6 Å². The van der Waals surface area contributed by atoms with Crippen molar-refractivity contribution in [3.8, 4) is 0 Å². The fraction of sp³-hybridized carbons (Fsp3) is 0.600. The van der Waals surface area contributed by atoms with Gasteiger partial charge in [-0.05, 0) is 32.9 Å². The molecule has 1 N–H and O–H groups in total. The molecule has 1 rings (SSSR count). The minimum Gasteiger partial charge on any atom is -0.444 e. The van der Waals surface area contributed by atoms with Gasteiger partial charge in [-0.3, -0.25) is 9.69 Å². The van der Waals surface area contributed by atoms with E-state index >= 15 is 0 Å². The van der Waals surface area contributed by atoms with E-state index in [1.54, 1.807) is 20.8 Å². The molecule has 0 aromatic heterocycles. The van der Waals surface area contributed by atoms with Gasteiger partial charge in [-0.2, -0.15) is 0 Å². The first kappa shape index (κ1) is 11.7. The summed E-state index contributed by atoms with van der Waals surface area (Å²) in [7, 11) is 0.